The van der Waals surface area contributed by atoms with Crippen LogP contribution in [0.2, 0.25) is 0 Å². The maximum atomic E-state index is 3.80. The molecule has 0 radical (unpaired) electrons. The molecule has 0 saturated heterocycles. The lowest BCUT2D eigenvalue weighted by Gasteiger charge is -2.19. The fourth-order valence-corrected chi connectivity index (χ4v) is 3.50. The number of rotatable bonds is 4. The minimum Gasteiger partial charge on any atom is -0.310 e. The van der Waals surface area contributed by atoms with Gasteiger partial charge in [0.05, 0.1) is 0 Å². The molecule has 1 heteroatoms. The van der Waals surface area contributed by atoms with E-state index in [0.717, 1.165) is 6.54 Å². The fraction of sp³-hybridized carbons (Fsp3) is 0.556. The lowest BCUT2D eigenvalue weighted by Crippen LogP contribution is -2.23. The van der Waals surface area contributed by atoms with E-state index in [1.165, 1.54) is 51.4 Å². The standard InChI is InChI=1S/C18H25N/c1-2-8-15(7-1)13-14-19-18-12-6-4-10-16-9-3-5-11-17(16)18/h3,5,7,9,11,18-19H,1-2,4,6,8,10,12-14H2. The summed E-state index contributed by atoms with van der Waals surface area (Å²) in [7, 11) is 0. The molecule has 1 aromatic rings. The van der Waals surface area contributed by atoms with Crippen LogP contribution in [0.1, 0.15) is 62.1 Å². The Kier molecular flexibility index (Phi) is 4.34. The van der Waals surface area contributed by atoms with Crippen LogP contribution in [0, 0.1) is 0 Å². The summed E-state index contributed by atoms with van der Waals surface area (Å²) >= 11 is 0. The molecule has 0 saturated carbocycles. The SMILES string of the molecule is C1=C(CCNC2CCCCc3ccccc32)CCC1. The van der Waals surface area contributed by atoms with Crippen molar-refractivity contribution < 1.29 is 0 Å². The number of hydrogen-bond donors (Lipinski definition) is 1. The summed E-state index contributed by atoms with van der Waals surface area (Å²) < 4.78 is 0. The Labute approximate surface area is 117 Å². The van der Waals surface area contributed by atoms with Crippen LogP contribution in [0.15, 0.2) is 35.9 Å². The summed E-state index contributed by atoms with van der Waals surface area (Å²) in [5.74, 6) is 0. The smallest absolute Gasteiger partial charge is 0.0323 e. The van der Waals surface area contributed by atoms with Crippen LogP contribution in [-0.2, 0) is 6.42 Å². The number of fused-ring (bicyclic) bond motifs is 1. The summed E-state index contributed by atoms with van der Waals surface area (Å²) in [6.45, 7) is 1.14. The zero-order valence-electron chi connectivity index (χ0n) is 11.8. The molecule has 0 aromatic heterocycles. The van der Waals surface area contributed by atoms with Crippen molar-refractivity contribution >= 4 is 0 Å². The molecule has 3 rings (SSSR count). The fourth-order valence-electron chi connectivity index (χ4n) is 3.50. The van der Waals surface area contributed by atoms with Gasteiger partial charge in [0, 0.05) is 6.04 Å². The molecule has 0 amide bonds. The molecule has 0 fully saturated rings. The Morgan fingerprint density at radius 2 is 2.00 bits per heavy atom. The highest BCUT2D eigenvalue weighted by Gasteiger charge is 2.17. The van der Waals surface area contributed by atoms with Gasteiger partial charge in [-0.2, -0.15) is 0 Å². The number of hydrogen-bond acceptors (Lipinski definition) is 1. The largest absolute Gasteiger partial charge is 0.310 e. The predicted molar refractivity (Wildman–Crippen MR) is 81.3 cm³/mol. The van der Waals surface area contributed by atoms with Crippen LogP contribution in [0.5, 0.6) is 0 Å². The summed E-state index contributed by atoms with van der Waals surface area (Å²) in [4.78, 5) is 0. The molecular formula is C18H25N. The minimum atomic E-state index is 0.584. The van der Waals surface area contributed by atoms with E-state index in [4.69, 9.17) is 0 Å². The monoisotopic (exact) mass is 255 g/mol. The summed E-state index contributed by atoms with van der Waals surface area (Å²) in [5, 5.41) is 3.80. The first-order chi connectivity index (χ1) is 9.43. The van der Waals surface area contributed by atoms with E-state index < -0.39 is 0 Å². The lowest BCUT2D eigenvalue weighted by molar-refractivity contribution is 0.491. The quantitative estimate of drug-likeness (QED) is 0.615. The van der Waals surface area contributed by atoms with E-state index >= 15 is 0 Å². The maximum absolute atomic E-state index is 3.80. The van der Waals surface area contributed by atoms with Gasteiger partial charge in [-0.3, -0.25) is 0 Å². The highest BCUT2D eigenvalue weighted by Crippen LogP contribution is 2.28. The summed E-state index contributed by atoms with van der Waals surface area (Å²) in [6, 6.07) is 9.60. The molecule has 1 unspecified atom stereocenters. The zero-order valence-corrected chi connectivity index (χ0v) is 11.8. The van der Waals surface area contributed by atoms with Crippen LogP contribution in [0.4, 0.5) is 0 Å². The van der Waals surface area contributed by atoms with Crippen LogP contribution in [-0.4, -0.2) is 6.54 Å². The Morgan fingerprint density at radius 1 is 1.05 bits per heavy atom. The first kappa shape index (κ1) is 12.9. The third-order valence-electron chi connectivity index (χ3n) is 4.59. The van der Waals surface area contributed by atoms with Gasteiger partial charge in [0.25, 0.3) is 0 Å². The van der Waals surface area contributed by atoms with Crippen molar-refractivity contribution in [2.24, 2.45) is 0 Å². The molecule has 0 aliphatic heterocycles. The number of nitrogens with one attached hydrogen (secondary N) is 1. The normalized spacial score (nSPS) is 22.7. The summed E-state index contributed by atoms with van der Waals surface area (Å²) in [5.41, 5.74) is 4.80. The van der Waals surface area contributed by atoms with Gasteiger partial charge in [-0.15, -0.1) is 0 Å². The van der Waals surface area contributed by atoms with Crippen LogP contribution in [0.3, 0.4) is 0 Å². The predicted octanol–water partition coefficient (Wildman–Crippen LogP) is 4.54. The Balaban J connectivity index is 1.60. The van der Waals surface area contributed by atoms with Gasteiger partial charge < -0.3 is 5.32 Å². The third-order valence-corrected chi connectivity index (χ3v) is 4.59. The molecule has 1 atom stereocenters. The Morgan fingerprint density at radius 3 is 2.89 bits per heavy atom. The van der Waals surface area contributed by atoms with E-state index in [2.05, 4.69) is 35.7 Å². The van der Waals surface area contributed by atoms with E-state index in [1.54, 1.807) is 16.7 Å². The first-order valence-corrected chi connectivity index (χ1v) is 7.92. The Bertz CT molecular complexity index is 447. The lowest BCUT2D eigenvalue weighted by atomic mass is 9.99. The second-order valence-electron chi connectivity index (χ2n) is 5.96. The van der Waals surface area contributed by atoms with E-state index in [-0.39, 0.29) is 0 Å². The molecule has 1 nitrogen and oxygen atoms in total. The van der Waals surface area contributed by atoms with E-state index in [0.29, 0.717) is 6.04 Å². The molecule has 0 spiro atoms. The minimum absolute atomic E-state index is 0.584. The van der Waals surface area contributed by atoms with Crippen molar-refractivity contribution in [1.29, 1.82) is 0 Å². The van der Waals surface area contributed by atoms with Crippen molar-refractivity contribution in [3.63, 3.8) is 0 Å². The van der Waals surface area contributed by atoms with Crippen LogP contribution >= 0.6 is 0 Å². The average molecular weight is 255 g/mol. The van der Waals surface area contributed by atoms with Crippen molar-refractivity contribution in [2.75, 3.05) is 6.54 Å². The number of benzene rings is 1. The topological polar surface area (TPSA) is 12.0 Å². The van der Waals surface area contributed by atoms with Gasteiger partial charge in [0.2, 0.25) is 0 Å². The van der Waals surface area contributed by atoms with Crippen molar-refractivity contribution in [3.8, 4) is 0 Å². The molecule has 0 heterocycles. The van der Waals surface area contributed by atoms with Gasteiger partial charge in [-0.05, 0) is 62.6 Å². The van der Waals surface area contributed by atoms with Gasteiger partial charge >= 0.3 is 0 Å². The second kappa shape index (κ2) is 6.38. The summed E-state index contributed by atoms with van der Waals surface area (Å²) in [6.07, 6.45) is 13.0. The molecular weight excluding hydrogens is 230 g/mol. The number of allylic oxidation sites excluding steroid dienone is 1. The molecule has 2 aliphatic rings. The van der Waals surface area contributed by atoms with Gasteiger partial charge in [-0.1, -0.05) is 42.3 Å². The van der Waals surface area contributed by atoms with Crippen molar-refractivity contribution in [2.45, 2.75) is 57.4 Å². The van der Waals surface area contributed by atoms with E-state index in [1.807, 2.05) is 0 Å². The molecule has 1 aromatic carbocycles. The molecule has 2 aliphatic carbocycles. The molecule has 102 valence electrons. The zero-order chi connectivity index (χ0) is 12.9. The van der Waals surface area contributed by atoms with Crippen molar-refractivity contribution in [1.82, 2.24) is 5.32 Å². The molecule has 1 N–H and O–H groups in total. The van der Waals surface area contributed by atoms with Crippen LogP contribution in [0.25, 0.3) is 0 Å². The Hall–Kier alpha value is -1.08. The highest BCUT2D eigenvalue weighted by molar-refractivity contribution is 5.31. The number of aryl methyl sites for hydroxylation is 1. The molecule has 0 bridgehead atoms. The second-order valence-corrected chi connectivity index (χ2v) is 5.96. The van der Waals surface area contributed by atoms with Gasteiger partial charge in [0.15, 0.2) is 0 Å². The highest BCUT2D eigenvalue weighted by atomic mass is 14.9. The molecule has 19 heavy (non-hydrogen) atoms. The average Bonchev–Trinajstić information content (AvgIpc) is 2.87. The maximum Gasteiger partial charge on any atom is 0.0323 e. The van der Waals surface area contributed by atoms with Crippen molar-refractivity contribution in [3.05, 3.63) is 47.0 Å². The van der Waals surface area contributed by atoms with Crippen LogP contribution < -0.4 is 5.32 Å². The third kappa shape index (κ3) is 3.27. The van der Waals surface area contributed by atoms with E-state index in [9.17, 15) is 0 Å². The van der Waals surface area contributed by atoms with Gasteiger partial charge in [0.1, 0.15) is 0 Å². The first-order valence-electron chi connectivity index (χ1n) is 7.92. The van der Waals surface area contributed by atoms with Gasteiger partial charge in [-0.25, -0.2) is 0 Å².